The topological polar surface area (TPSA) is 46.3 Å². The van der Waals surface area contributed by atoms with Crippen LogP contribution in [0.15, 0.2) is 0 Å². The number of unbranched alkanes of at least 4 members (excludes halogenated alkanes) is 1. The first-order valence-electron chi connectivity index (χ1n) is 7.67. The number of hydrogen-bond acceptors (Lipinski definition) is 2. The van der Waals surface area contributed by atoms with Gasteiger partial charge in [0.15, 0.2) is 0 Å². The van der Waals surface area contributed by atoms with Crippen LogP contribution in [0.25, 0.3) is 0 Å². The van der Waals surface area contributed by atoms with Gasteiger partial charge < -0.3 is 10.6 Å². The molecule has 3 atom stereocenters. The molecule has 3 unspecified atom stereocenters. The van der Waals surface area contributed by atoms with Crippen LogP contribution in [-0.2, 0) is 4.79 Å². The Morgan fingerprint density at radius 1 is 1.33 bits per heavy atom. The molecule has 106 valence electrons. The largest absolute Gasteiger partial charge is 0.340 e. The van der Waals surface area contributed by atoms with E-state index in [9.17, 15) is 4.79 Å². The molecule has 18 heavy (non-hydrogen) atoms. The van der Waals surface area contributed by atoms with E-state index >= 15 is 0 Å². The number of carbonyl (C=O) groups is 1. The van der Waals surface area contributed by atoms with Crippen molar-refractivity contribution >= 4 is 5.91 Å². The van der Waals surface area contributed by atoms with Crippen LogP contribution in [0.1, 0.15) is 65.7 Å². The maximum Gasteiger partial charge on any atom is 0.227 e. The molecule has 0 saturated heterocycles. The minimum atomic E-state index is 0.0737. The predicted octanol–water partition coefficient (Wildman–Crippen LogP) is 2.93. The van der Waals surface area contributed by atoms with E-state index in [1.165, 1.54) is 6.42 Å². The maximum absolute atomic E-state index is 12.7. The summed E-state index contributed by atoms with van der Waals surface area (Å²) in [6.45, 7) is 7.37. The summed E-state index contributed by atoms with van der Waals surface area (Å²) in [4.78, 5) is 14.7. The molecular formula is C15H30N2O. The van der Waals surface area contributed by atoms with Gasteiger partial charge >= 0.3 is 0 Å². The monoisotopic (exact) mass is 254 g/mol. The van der Waals surface area contributed by atoms with E-state index in [0.717, 1.165) is 45.1 Å². The average molecular weight is 254 g/mol. The summed E-state index contributed by atoms with van der Waals surface area (Å²) < 4.78 is 0. The Hall–Kier alpha value is -0.570. The van der Waals surface area contributed by atoms with E-state index in [0.29, 0.717) is 11.9 Å². The van der Waals surface area contributed by atoms with E-state index in [-0.39, 0.29) is 12.0 Å². The minimum Gasteiger partial charge on any atom is -0.340 e. The standard InChI is InChI=1S/C15H30N2O/c1-4-6-11-17(12(3)5-2)15(18)13-9-7-8-10-14(13)16/h12-14H,4-11,16H2,1-3H3. The number of hydrogen-bond donors (Lipinski definition) is 1. The van der Waals surface area contributed by atoms with Gasteiger partial charge in [-0.05, 0) is 32.6 Å². The molecule has 0 heterocycles. The van der Waals surface area contributed by atoms with Crippen LogP contribution in [0.5, 0.6) is 0 Å². The zero-order chi connectivity index (χ0) is 13.5. The fraction of sp³-hybridized carbons (Fsp3) is 0.933. The lowest BCUT2D eigenvalue weighted by atomic mass is 9.84. The zero-order valence-electron chi connectivity index (χ0n) is 12.3. The summed E-state index contributed by atoms with van der Waals surface area (Å²) in [6.07, 6.45) is 7.60. The quantitative estimate of drug-likeness (QED) is 0.792. The van der Waals surface area contributed by atoms with Crippen LogP contribution in [0.4, 0.5) is 0 Å². The molecule has 1 amide bonds. The van der Waals surface area contributed by atoms with E-state index in [2.05, 4.69) is 25.7 Å². The fourth-order valence-electron chi connectivity index (χ4n) is 2.78. The molecule has 3 nitrogen and oxygen atoms in total. The highest BCUT2D eigenvalue weighted by atomic mass is 16.2. The van der Waals surface area contributed by atoms with Gasteiger partial charge in [-0.25, -0.2) is 0 Å². The first-order valence-corrected chi connectivity index (χ1v) is 7.67. The molecule has 1 fully saturated rings. The van der Waals surface area contributed by atoms with E-state index in [4.69, 9.17) is 5.73 Å². The molecule has 0 aromatic heterocycles. The second-order valence-electron chi connectivity index (χ2n) is 5.70. The number of carbonyl (C=O) groups excluding carboxylic acids is 1. The van der Waals surface area contributed by atoms with Crippen LogP contribution < -0.4 is 5.73 Å². The predicted molar refractivity (Wildman–Crippen MR) is 76.3 cm³/mol. The Bertz CT molecular complexity index is 255. The third-order valence-corrected chi connectivity index (χ3v) is 4.30. The minimum absolute atomic E-state index is 0.0737. The van der Waals surface area contributed by atoms with Gasteiger partial charge in [-0.2, -0.15) is 0 Å². The van der Waals surface area contributed by atoms with Gasteiger partial charge in [0, 0.05) is 18.6 Å². The summed E-state index contributed by atoms with van der Waals surface area (Å²) in [5.41, 5.74) is 6.14. The van der Waals surface area contributed by atoms with Crippen LogP contribution in [0, 0.1) is 5.92 Å². The molecule has 3 heteroatoms. The Balaban J connectivity index is 2.67. The molecule has 1 aliphatic rings. The molecule has 0 aromatic carbocycles. The van der Waals surface area contributed by atoms with Crippen LogP contribution in [0.2, 0.25) is 0 Å². The number of amides is 1. The first-order chi connectivity index (χ1) is 8.61. The van der Waals surface area contributed by atoms with Crippen molar-refractivity contribution in [1.82, 2.24) is 4.90 Å². The molecule has 0 bridgehead atoms. The fourth-order valence-corrected chi connectivity index (χ4v) is 2.78. The highest BCUT2D eigenvalue weighted by Gasteiger charge is 2.32. The van der Waals surface area contributed by atoms with Crippen molar-refractivity contribution in [2.75, 3.05) is 6.54 Å². The lowest BCUT2D eigenvalue weighted by Crippen LogP contribution is -2.48. The zero-order valence-corrected chi connectivity index (χ0v) is 12.3. The molecule has 1 rings (SSSR count). The lowest BCUT2D eigenvalue weighted by molar-refractivity contribution is -0.139. The van der Waals surface area contributed by atoms with Gasteiger partial charge in [0.2, 0.25) is 5.91 Å². The molecular weight excluding hydrogens is 224 g/mol. The SMILES string of the molecule is CCCCN(C(=O)C1CCCCC1N)C(C)CC. The second kappa shape index (κ2) is 7.78. The van der Waals surface area contributed by atoms with Crippen molar-refractivity contribution in [3.63, 3.8) is 0 Å². The van der Waals surface area contributed by atoms with Crippen molar-refractivity contribution < 1.29 is 4.79 Å². The van der Waals surface area contributed by atoms with Gasteiger partial charge in [-0.15, -0.1) is 0 Å². The second-order valence-corrected chi connectivity index (χ2v) is 5.70. The maximum atomic E-state index is 12.7. The number of nitrogens with two attached hydrogens (primary N) is 1. The van der Waals surface area contributed by atoms with Gasteiger partial charge in [-0.1, -0.05) is 33.1 Å². The first kappa shape index (κ1) is 15.5. The molecule has 0 radical (unpaired) electrons. The van der Waals surface area contributed by atoms with Crippen molar-refractivity contribution in [2.45, 2.75) is 77.8 Å². The molecule has 1 saturated carbocycles. The van der Waals surface area contributed by atoms with Gasteiger partial charge in [0.1, 0.15) is 0 Å². The van der Waals surface area contributed by atoms with Crippen LogP contribution in [-0.4, -0.2) is 29.4 Å². The van der Waals surface area contributed by atoms with Crippen molar-refractivity contribution in [3.05, 3.63) is 0 Å². The van der Waals surface area contributed by atoms with E-state index in [1.54, 1.807) is 0 Å². The summed E-state index contributed by atoms with van der Waals surface area (Å²) in [5.74, 6) is 0.384. The lowest BCUT2D eigenvalue weighted by Gasteiger charge is -2.36. The molecule has 1 aliphatic carbocycles. The van der Waals surface area contributed by atoms with Gasteiger partial charge in [0.05, 0.1) is 5.92 Å². The number of rotatable bonds is 6. The average Bonchev–Trinajstić information content (AvgIpc) is 2.39. The highest BCUT2D eigenvalue weighted by molar-refractivity contribution is 5.80. The Morgan fingerprint density at radius 2 is 2.00 bits per heavy atom. The third kappa shape index (κ3) is 3.98. The van der Waals surface area contributed by atoms with Gasteiger partial charge in [0.25, 0.3) is 0 Å². The number of nitrogens with zero attached hydrogens (tertiary/aromatic N) is 1. The Labute approximate surface area is 112 Å². The summed E-state index contributed by atoms with van der Waals surface area (Å²) in [5, 5.41) is 0. The van der Waals surface area contributed by atoms with Crippen molar-refractivity contribution in [3.8, 4) is 0 Å². The summed E-state index contributed by atoms with van der Waals surface area (Å²) in [7, 11) is 0. The van der Waals surface area contributed by atoms with E-state index < -0.39 is 0 Å². The molecule has 2 N–H and O–H groups in total. The third-order valence-electron chi connectivity index (χ3n) is 4.30. The Morgan fingerprint density at radius 3 is 2.56 bits per heavy atom. The van der Waals surface area contributed by atoms with Crippen molar-refractivity contribution in [1.29, 1.82) is 0 Å². The summed E-state index contributed by atoms with van der Waals surface area (Å²) in [6, 6.07) is 0.428. The van der Waals surface area contributed by atoms with Crippen LogP contribution in [0.3, 0.4) is 0 Å². The summed E-state index contributed by atoms with van der Waals surface area (Å²) >= 11 is 0. The van der Waals surface area contributed by atoms with Crippen molar-refractivity contribution in [2.24, 2.45) is 11.7 Å². The van der Waals surface area contributed by atoms with E-state index in [1.807, 2.05) is 0 Å². The highest BCUT2D eigenvalue weighted by Crippen LogP contribution is 2.26. The van der Waals surface area contributed by atoms with Crippen LogP contribution >= 0.6 is 0 Å². The molecule has 0 spiro atoms. The molecule has 0 aliphatic heterocycles. The normalized spacial score (nSPS) is 25.8. The molecule has 0 aromatic rings. The smallest absolute Gasteiger partial charge is 0.227 e. The van der Waals surface area contributed by atoms with Gasteiger partial charge in [-0.3, -0.25) is 4.79 Å². The Kier molecular flexibility index (Phi) is 6.69.